The van der Waals surface area contributed by atoms with Gasteiger partial charge in [0.2, 0.25) is 0 Å². The molecular weight excluding hydrogens is 407 g/mol. The van der Waals surface area contributed by atoms with Crippen LogP contribution in [0.5, 0.6) is 0 Å². The Morgan fingerprint density at radius 1 is 1.10 bits per heavy atom. The number of nitrogens with zero attached hydrogens (tertiary/aromatic N) is 4. The largest absolute Gasteiger partial charge is 0.461 e. The van der Waals surface area contributed by atoms with Gasteiger partial charge in [-0.1, -0.05) is 30.3 Å². The van der Waals surface area contributed by atoms with Gasteiger partial charge in [0.15, 0.2) is 12.4 Å². The third-order valence-electron chi connectivity index (χ3n) is 4.89. The summed E-state index contributed by atoms with van der Waals surface area (Å²) >= 11 is 0. The second-order valence-corrected chi connectivity index (χ2v) is 8.87. The van der Waals surface area contributed by atoms with Crippen molar-refractivity contribution in [3.8, 4) is 11.1 Å². The Hall–Kier alpha value is -3.24. The second kappa shape index (κ2) is 10.2. The number of pyridine rings is 2. The average Bonchev–Trinajstić information content (AvgIpc) is 3.00. The van der Waals surface area contributed by atoms with Crippen LogP contribution < -0.4 is 4.57 Å². The third-order valence-corrected chi connectivity index (χ3v) is 5.82. The summed E-state index contributed by atoms with van der Waals surface area (Å²) in [5.74, 6) is 1.73. The molecule has 4 rings (SSSR count). The molecule has 0 saturated carbocycles. The highest BCUT2D eigenvalue weighted by atomic mass is 31.1. The number of carbonyl (C=O) groups is 1. The van der Waals surface area contributed by atoms with Crippen LogP contribution in [0.3, 0.4) is 0 Å². The number of aromatic nitrogens is 2. The number of aliphatic imine (C=N–C) groups is 1. The van der Waals surface area contributed by atoms with Gasteiger partial charge in [0.1, 0.15) is 18.8 Å². The minimum Gasteiger partial charge on any atom is -0.461 e. The van der Waals surface area contributed by atoms with E-state index in [1.165, 1.54) is 0 Å². The van der Waals surface area contributed by atoms with Gasteiger partial charge in [-0.2, -0.15) is 0 Å². The zero-order valence-electron chi connectivity index (χ0n) is 17.4. The van der Waals surface area contributed by atoms with Crippen molar-refractivity contribution in [1.29, 1.82) is 0 Å². The lowest BCUT2D eigenvalue weighted by atomic mass is 10.1. The lowest BCUT2D eigenvalue weighted by molar-refractivity contribution is -0.697. The minimum absolute atomic E-state index is 0.169. The van der Waals surface area contributed by atoms with E-state index in [0.717, 1.165) is 41.0 Å². The first kappa shape index (κ1) is 21.0. The number of aryl methyl sites for hydroxylation is 1. The molecule has 0 radical (unpaired) electrons. The quantitative estimate of drug-likeness (QED) is 0.310. The topological polar surface area (TPSA) is 67.8 Å². The Balaban J connectivity index is 1.29. The van der Waals surface area contributed by atoms with Gasteiger partial charge in [-0.3, -0.25) is 19.5 Å². The van der Waals surface area contributed by atoms with E-state index >= 15 is 0 Å². The molecule has 6 nitrogen and oxygen atoms in total. The zero-order chi connectivity index (χ0) is 21.5. The van der Waals surface area contributed by atoms with Crippen molar-refractivity contribution in [3.05, 3.63) is 78.4 Å². The van der Waals surface area contributed by atoms with Crippen LogP contribution in [-0.2, 0) is 22.7 Å². The zero-order valence-corrected chi connectivity index (χ0v) is 18.3. The Kier molecular flexibility index (Phi) is 6.90. The van der Waals surface area contributed by atoms with Crippen molar-refractivity contribution >= 4 is 31.9 Å². The molecule has 1 aliphatic rings. The minimum atomic E-state index is -0.557. The van der Waals surface area contributed by atoms with Crippen molar-refractivity contribution in [2.75, 3.05) is 6.66 Å². The first-order chi connectivity index (χ1) is 15.2. The number of rotatable bonds is 7. The smallest absolute Gasteiger partial charge is 0.306 e. The Morgan fingerprint density at radius 2 is 1.90 bits per heavy atom. The molecule has 1 aliphatic heterocycles. The van der Waals surface area contributed by atoms with Crippen LogP contribution in [0, 0.1) is 0 Å². The molecule has 0 saturated heterocycles. The lowest BCUT2D eigenvalue weighted by Gasteiger charge is -2.05. The molecule has 0 fully saturated rings. The highest BCUT2D eigenvalue weighted by Crippen LogP contribution is 2.34. The molecule has 1 unspecified atom stereocenters. The van der Waals surface area contributed by atoms with Crippen LogP contribution in [0.4, 0.5) is 5.69 Å². The highest BCUT2D eigenvalue weighted by molar-refractivity contribution is 7.71. The number of fused-ring (bicyclic) bond motifs is 1. The molecule has 0 bridgehead atoms. The van der Waals surface area contributed by atoms with Gasteiger partial charge in [-0.25, -0.2) is 4.57 Å². The summed E-state index contributed by atoms with van der Waals surface area (Å²) < 4.78 is 11.8. The van der Waals surface area contributed by atoms with E-state index in [1.54, 1.807) is 0 Å². The number of carbonyl (C=O) groups excluding carboxylic acids is 1. The number of ether oxygens (including phenoxy) is 1. The fraction of sp³-hybridized carbons (Fsp3) is 0.208. The average molecular weight is 431 g/mol. The van der Waals surface area contributed by atoms with Crippen LogP contribution in [0.2, 0.25) is 0 Å². The summed E-state index contributed by atoms with van der Waals surface area (Å²) in [5, 5.41) is 0. The second-order valence-electron chi connectivity index (χ2n) is 7.27. The molecular formula is C24H24N4O2P+. The van der Waals surface area contributed by atoms with E-state index in [9.17, 15) is 4.79 Å². The maximum absolute atomic E-state index is 11.9. The molecule has 1 aromatic carbocycles. The fourth-order valence-electron chi connectivity index (χ4n) is 3.16. The van der Waals surface area contributed by atoms with Crippen molar-refractivity contribution in [2.24, 2.45) is 9.76 Å². The molecule has 7 heteroatoms. The maximum Gasteiger partial charge on any atom is 0.306 e. The number of hydrogen-bond acceptors (Lipinski definition) is 5. The number of hydrogen-bond donors (Lipinski definition) is 0. The number of esters is 1. The molecule has 3 heterocycles. The standard InChI is InChI=1S/C24H24N4O2P/c1-31-18-26-22-14-21(15-25-23(22)16-27-31)20-9-12-28(13-10-20)11-5-8-24(29)30-17-19-6-3-2-4-7-19/h2-4,6-7,9-10,12-16,18H,5,8,11,17H2,1H3/q+1. The van der Waals surface area contributed by atoms with Gasteiger partial charge in [-0.15, -0.1) is 0 Å². The first-order valence-corrected chi connectivity index (χ1v) is 12.0. The van der Waals surface area contributed by atoms with Crippen LogP contribution >= 0.6 is 8.07 Å². The SMILES string of the molecule is CP1C=Nc2cc(-c3cc[n+](CCCC(=O)OCc4ccccc4)cc3)cnc2C=N1. The summed E-state index contributed by atoms with van der Waals surface area (Å²) in [6.45, 7) is 3.14. The van der Waals surface area contributed by atoms with Gasteiger partial charge in [0.05, 0.1) is 32.4 Å². The maximum atomic E-state index is 11.9. The Labute approximate surface area is 183 Å². The summed E-state index contributed by atoms with van der Waals surface area (Å²) in [7, 11) is -0.557. The monoisotopic (exact) mass is 431 g/mol. The van der Waals surface area contributed by atoms with Crippen LogP contribution in [0.15, 0.2) is 76.9 Å². The molecule has 0 spiro atoms. The van der Waals surface area contributed by atoms with Crippen molar-refractivity contribution in [3.63, 3.8) is 0 Å². The first-order valence-electron chi connectivity index (χ1n) is 10.2. The molecule has 156 valence electrons. The van der Waals surface area contributed by atoms with Crippen molar-refractivity contribution in [2.45, 2.75) is 26.0 Å². The predicted molar refractivity (Wildman–Crippen MR) is 124 cm³/mol. The highest BCUT2D eigenvalue weighted by Gasteiger charge is 2.10. The summed E-state index contributed by atoms with van der Waals surface area (Å²) in [5.41, 5.74) is 4.74. The molecule has 0 N–H and O–H groups in total. The van der Waals surface area contributed by atoms with Crippen molar-refractivity contribution < 1.29 is 14.1 Å². The molecule has 1 atom stereocenters. The van der Waals surface area contributed by atoms with Crippen LogP contribution in [-0.4, -0.2) is 29.8 Å². The van der Waals surface area contributed by atoms with Gasteiger partial charge < -0.3 is 4.74 Å². The predicted octanol–water partition coefficient (Wildman–Crippen LogP) is 4.68. The van der Waals surface area contributed by atoms with E-state index in [-0.39, 0.29) is 5.97 Å². The van der Waals surface area contributed by atoms with E-state index in [4.69, 9.17) is 4.74 Å². The van der Waals surface area contributed by atoms with E-state index in [2.05, 4.69) is 38.1 Å². The molecule has 0 amide bonds. The summed E-state index contributed by atoms with van der Waals surface area (Å²) in [4.78, 5) is 21.0. The number of benzene rings is 1. The van der Waals surface area contributed by atoms with Crippen LogP contribution in [0.1, 0.15) is 24.1 Å². The molecule has 3 aromatic rings. The Bertz CT molecular complexity index is 1100. The van der Waals surface area contributed by atoms with Gasteiger partial charge in [0.25, 0.3) is 0 Å². The van der Waals surface area contributed by atoms with Gasteiger partial charge in [0, 0.05) is 30.3 Å². The van der Waals surface area contributed by atoms with Gasteiger partial charge >= 0.3 is 5.97 Å². The lowest BCUT2D eigenvalue weighted by Crippen LogP contribution is -2.32. The van der Waals surface area contributed by atoms with Crippen LogP contribution in [0.25, 0.3) is 11.1 Å². The normalized spacial score (nSPS) is 14.7. The third kappa shape index (κ3) is 5.89. The fourth-order valence-corrected chi connectivity index (χ4v) is 3.80. The molecule has 31 heavy (non-hydrogen) atoms. The van der Waals surface area contributed by atoms with Crippen molar-refractivity contribution in [1.82, 2.24) is 4.98 Å². The molecule has 2 aromatic heterocycles. The summed E-state index contributed by atoms with van der Waals surface area (Å²) in [6.07, 6.45) is 8.83. The van der Waals surface area contributed by atoms with Gasteiger partial charge in [-0.05, 0) is 23.9 Å². The molecule has 0 aliphatic carbocycles. The van der Waals surface area contributed by atoms with E-state index < -0.39 is 8.07 Å². The van der Waals surface area contributed by atoms with E-state index in [1.807, 2.05) is 67.2 Å². The summed E-state index contributed by atoms with van der Waals surface area (Å²) in [6, 6.07) is 15.9. The Morgan fingerprint density at radius 3 is 2.71 bits per heavy atom. The van der Waals surface area contributed by atoms with E-state index in [0.29, 0.717) is 13.0 Å².